The van der Waals surface area contributed by atoms with Gasteiger partial charge in [0.15, 0.2) is 0 Å². The summed E-state index contributed by atoms with van der Waals surface area (Å²) in [5, 5.41) is 2.44. The lowest BCUT2D eigenvalue weighted by Crippen LogP contribution is -1.88. The molecule has 0 aromatic heterocycles. The standard InChI is InChI=1S/C27H25F/c1-3-4-5-20-8-11-23-17-24(13-12-22(23)16-20)25-14-15-26(27(28)18-25)21-9-6-19(2)7-10-21/h6-18H,3-5H2,1-2H3. The topological polar surface area (TPSA) is 0 Å². The third-order valence-corrected chi connectivity index (χ3v) is 5.39. The van der Waals surface area contributed by atoms with Crippen LogP contribution in [0.1, 0.15) is 30.9 Å². The van der Waals surface area contributed by atoms with Crippen molar-refractivity contribution in [1.29, 1.82) is 0 Å². The van der Waals surface area contributed by atoms with Gasteiger partial charge >= 0.3 is 0 Å². The Morgan fingerprint density at radius 1 is 0.679 bits per heavy atom. The lowest BCUT2D eigenvalue weighted by Gasteiger charge is -2.09. The SMILES string of the molecule is CCCCc1ccc2cc(-c3ccc(-c4ccc(C)cc4)c(F)c3)ccc2c1. The normalized spacial score (nSPS) is 11.1. The summed E-state index contributed by atoms with van der Waals surface area (Å²) in [6.45, 7) is 4.26. The molecule has 0 aliphatic heterocycles. The molecular formula is C27H25F. The van der Waals surface area contributed by atoms with Gasteiger partial charge in [0, 0.05) is 5.56 Å². The molecule has 0 radical (unpaired) electrons. The first-order valence-electron chi connectivity index (χ1n) is 10.0. The predicted octanol–water partition coefficient (Wildman–Crippen LogP) is 7.96. The van der Waals surface area contributed by atoms with Gasteiger partial charge in [0.1, 0.15) is 5.82 Å². The maximum atomic E-state index is 14.8. The number of fused-ring (bicyclic) bond motifs is 1. The van der Waals surface area contributed by atoms with E-state index in [0.717, 1.165) is 23.1 Å². The van der Waals surface area contributed by atoms with Gasteiger partial charge in [0.2, 0.25) is 0 Å². The van der Waals surface area contributed by atoms with Crippen LogP contribution < -0.4 is 0 Å². The zero-order valence-electron chi connectivity index (χ0n) is 16.5. The molecule has 0 bridgehead atoms. The van der Waals surface area contributed by atoms with Crippen molar-refractivity contribution in [1.82, 2.24) is 0 Å². The molecule has 0 unspecified atom stereocenters. The molecule has 0 heterocycles. The highest BCUT2D eigenvalue weighted by Crippen LogP contribution is 2.30. The fraction of sp³-hybridized carbons (Fsp3) is 0.185. The van der Waals surface area contributed by atoms with E-state index in [1.807, 2.05) is 43.3 Å². The van der Waals surface area contributed by atoms with Crippen LogP contribution in [0.5, 0.6) is 0 Å². The third-order valence-electron chi connectivity index (χ3n) is 5.39. The molecule has 0 fully saturated rings. The van der Waals surface area contributed by atoms with E-state index < -0.39 is 0 Å². The second kappa shape index (κ2) is 7.98. The number of aryl methyl sites for hydroxylation is 2. The van der Waals surface area contributed by atoms with E-state index in [2.05, 4.69) is 43.3 Å². The lowest BCUT2D eigenvalue weighted by atomic mass is 9.96. The van der Waals surface area contributed by atoms with E-state index in [1.165, 1.54) is 34.7 Å². The maximum absolute atomic E-state index is 14.8. The second-order valence-corrected chi connectivity index (χ2v) is 7.56. The number of halogens is 1. The summed E-state index contributed by atoms with van der Waals surface area (Å²) in [6.07, 6.45) is 3.55. The highest BCUT2D eigenvalue weighted by molar-refractivity contribution is 5.88. The molecule has 0 aliphatic carbocycles. The van der Waals surface area contributed by atoms with E-state index in [-0.39, 0.29) is 5.82 Å². The molecule has 4 aromatic carbocycles. The van der Waals surface area contributed by atoms with E-state index in [1.54, 1.807) is 6.07 Å². The third kappa shape index (κ3) is 3.84. The Morgan fingerprint density at radius 2 is 1.32 bits per heavy atom. The minimum absolute atomic E-state index is 0.184. The van der Waals surface area contributed by atoms with Crippen molar-refractivity contribution in [2.75, 3.05) is 0 Å². The van der Waals surface area contributed by atoms with Crippen LogP contribution in [0.25, 0.3) is 33.0 Å². The van der Waals surface area contributed by atoms with Crippen LogP contribution in [0, 0.1) is 12.7 Å². The molecule has 4 aromatic rings. The molecule has 0 nitrogen and oxygen atoms in total. The number of benzene rings is 4. The highest BCUT2D eigenvalue weighted by Gasteiger charge is 2.08. The summed E-state index contributed by atoms with van der Waals surface area (Å²) < 4.78 is 14.8. The Hall–Kier alpha value is -2.93. The van der Waals surface area contributed by atoms with Gasteiger partial charge in [0.25, 0.3) is 0 Å². The molecule has 0 saturated heterocycles. The van der Waals surface area contributed by atoms with Gasteiger partial charge < -0.3 is 0 Å². The Kier molecular flexibility index (Phi) is 5.25. The molecule has 140 valence electrons. The van der Waals surface area contributed by atoms with Gasteiger partial charge in [-0.3, -0.25) is 0 Å². The zero-order chi connectivity index (χ0) is 19.5. The predicted molar refractivity (Wildman–Crippen MR) is 118 cm³/mol. The Morgan fingerprint density at radius 3 is 2.07 bits per heavy atom. The summed E-state index contributed by atoms with van der Waals surface area (Å²) >= 11 is 0. The minimum atomic E-state index is -0.184. The van der Waals surface area contributed by atoms with Gasteiger partial charge in [-0.25, -0.2) is 4.39 Å². The average molecular weight is 368 g/mol. The van der Waals surface area contributed by atoms with Crippen LogP contribution >= 0.6 is 0 Å². The fourth-order valence-corrected chi connectivity index (χ4v) is 3.67. The van der Waals surface area contributed by atoms with Crippen molar-refractivity contribution in [2.24, 2.45) is 0 Å². The van der Waals surface area contributed by atoms with Crippen molar-refractivity contribution in [3.8, 4) is 22.3 Å². The van der Waals surface area contributed by atoms with Gasteiger partial charge in [-0.15, -0.1) is 0 Å². The quantitative estimate of drug-likeness (QED) is 0.335. The summed E-state index contributed by atoms with van der Waals surface area (Å²) in [4.78, 5) is 0. The van der Waals surface area contributed by atoms with Crippen LogP contribution in [0.15, 0.2) is 78.9 Å². The smallest absolute Gasteiger partial charge is 0.131 e. The second-order valence-electron chi connectivity index (χ2n) is 7.56. The first kappa shape index (κ1) is 18.4. The highest BCUT2D eigenvalue weighted by atomic mass is 19.1. The largest absolute Gasteiger partial charge is 0.206 e. The Balaban J connectivity index is 1.65. The number of rotatable bonds is 5. The number of hydrogen-bond donors (Lipinski definition) is 0. The van der Waals surface area contributed by atoms with Crippen LogP contribution in [-0.4, -0.2) is 0 Å². The monoisotopic (exact) mass is 368 g/mol. The summed E-state index contributed by atoms with van der Waals surface area (Å²) in [7, 11) is 0. The summed E-state index contributed by atoms with van der Waals surface area (Å²) in [5.74, 6) is -0.184. The first-order chi connectivity index (χ1) is 13.6. The average Bonchev–Trinajstić information content (AvgIpc) is 2.72. The van der Waals surface area contributed by atoms with E-state index in [0.29, 0.717) is 5.56 Å². The summed E-state index contributed by atoms with van der Waals surface area (Å²) in [5.41, 5.74) is 6.07. The van der Waals surface area contributed by atoms with Crippen molar-refractivity contribution >= 4 is 10.8 Å². The van der Waals surface area contributed by atoms with Gasteiger partial charge in [-0.05, 0) is 64.9 Å². The molecule has 0 saturated carbocycles. The molecule has 0 aliphatic rings. The molecular weight excluding hydrogens is 343 g/mol. The van der Waals surface area contributed by atoms with Crippen molar-refractivity contribution in [3.63, 3.8) is 0 Å². The molecule has 0 N–H and O–H groups in total. The van der Waals surface area contributed by atoms with Crippen molar-refractivity contribution in [2.45, 2.75) is 33.1 Å². The lowest BCUT2D eigenvalue weighted by molar-refractivity contribution is 0.632. The Labute approximate surface area is 166 Å². The molecule has 0 atom stereocenters. The van der Waals surface area contributed by atoms with Crippen molar-refractivity contribution in [3.05, 3.63) is 95.8 Å². The van der Waals surface area contributed by atoms with Crippen LogP contribution in [0.4, 0.5) is 4.39 Å². The van der Waals surface area contributed by atoms with E-state index >= 15 is 0 Å². The zero-order valence-corrected chi connectivity index (χ0v) is 16.5. The Bertz CT molecular complexity index is 1110. The van der Waals surface area contributed by atoms with E-state index in [4.69, 9.17) is 0 Å². The number of unbranched alkanes of at least 4 members (excludes halogenated alkanes) is 1. The molecule has 0 spiro atoms. The number of hydrogen-bond acceptors (Lipinski definition) is 0. The van der Waals surface area contributed by atoms with Gasteiger partial charge in [-0.2, -0.15) is 0 Å². The molecule has 0 amide bonds. The maximum Gasteiger partial charge on any atom is 0.131 e. The van der Waals surface area contributed by atoms with E-state index in [9.17, 15) is 4.39 Å². The molecule has 1 heteroatoms. The molecule has 28 heavy (non-hydrogen) atoms. The van der Waals surface area contributed by atoms with Gasteiger partial charge in [-0.1, -0.05) is 85.6 Å². The van der Waals surface area contributed by atoms with Crippen LogP contribution in [0.3, 0.4) is 0 Å². The van der Waals surface area contributed by atoms with Crippen LogP contribution in [-0.2, 0) is 6.42 Å². The first-order valence-corrected chi connectivity index (χ1v) is 10.0. The van der Waals surface area contributed by atoms with Gasteiger partial charge in [0.05, 0.1) is 0 Å². The summed E-state index contributed by atoms with van der Waals surface area (Å²) in [6, 6.07) is 26.6. The fourth-order valence-electron chi connectivity index (χ4n) is 3.67. The molecule has 4 rings (SSSR count). The minimum Gasteiger partial charge on any atom is -0.206 e. The van der Waals surface area contributed by atoms with Crippen molar-refractivity contribution < 1.29 is 4.39 Å². The van der Waals surface area contributed by atoms with Crippen LogP contribution in [0.2, 0.25) is 0 Å².